The lowest BCUT2D eigenvalue weighted by Gasteiger charge is -2.20. The molecule has 6 nitrogen and oxygen atoms in total. The molecule has 4 rings (SSSR count). The molecule has 3 heterocycles. The van der Waals surface area contributed by atoms with E-state index in [2.05, 4.69) is 31.1 Å². The Morgan fingerprint density at radius 3 is 3.05 bits per heavy atom. The molecule has 1 fully saturated rings. The minimum absolute atomic E-state index is 0.584. The van der Waals surface area contributed by atoms with Gasteiger partial charge in [-0.05, 0) is 32.1 Å². The number of likely N-dealkylation sites (tertiary alicyclic amines) is 1. The predicted octanol–water partition coefficient (Wildman–Crippen LogP) is 1.34. The first-order valence-electron chi connectivity index (χ1n) is 7.92. The van der Waals surface area contributed by atoms with E-state index in [4.69, 9.17) is 0 Å². The van der Waals surface area contributed by atoms with Crippen LogP contribution >= 0.6 is 0 Å². The van der Waals surface area contributed by atoms with Crippen molar-refractivity contribution in [1.29, 1.82) is 0 Å². The summed E-state index contributed by atoms with van der Waals surface area (Å²) in [5.41, 5.74) is 4.02. The molecule has 0 aromatic carbocycles. The molecule has 112 valence electrons. The standard InChI is InChI=1S/C15H22N6/c1-19-13(8-17-18-19)10-20-7-6-12(9-20)21-11-16-14-4-2-3-5-15(14)21/h8,11-12H,2-7,9-10H2,1H3/t12-/m0/s1. The van der Waals surface area contributed by atoms with Gasteiger partial charge in [-0.15, -0.1) is 5.10 Å². The van der Waals surface area contributed by atoms with Gasteiger partial charge in [-0.1, -0.05) is 5.21 Å². The fourth-order valence-electron chi connectivity index (χ4n) is 3.67. The summed E-state index contributed by atoms with van der Waals surface area (Å²) in [6.45, 7) is 3.19. The van der Waals surface area contributed by atoms with E-state index in [1.54, 1.807) is 0 Å². The molecule has 0 amide bonds. The Labute approximate surface area is 124 Å². The van der Waals surface area contributed by atoms with Gasteiger partial charge in [-0.25, -0.2) is 4.98 Å². The van der Waals surface area contributed by atoms with E-state index in [-0.39, 0.29) is 0 Å². The number of imidazole rings is 1. The second-order valence-corrected chi connectivity index (χ2v) is 6.28. The first-order chi connectivity index (χ1) is 10.3. The fourth-order valence-corrected chi connectivity index (χ4v) is 3.67. The van der Waals surface area contributed by atoms with Crippen LogP contribution in [0, 0.1) is 0 Å². The van der Waals surface area contributed by atoms with Crippen molar-refractivity contribution in [2.45, 2.75) is 44.7 Å². The lowest BCUT2D eigenvalue weighted by molar-refractivity contribution is 0.306. The van der Waals surface area contributed by atoms with Gasteiger partial charge in [0, 0.05) is 38.4 Å². The van der Waals surface area contributed by atoms with Crippen LogP contribution in [0.15, 0.2) is 12.5 Å². The minimum Gasteiger partial charge on any atom is -0.330 e. The van der Waals surface area contributed by atoms with Gasteiger partial charge in [0.25, 0.3) is 0 Å². The number of aromatic nitrogens is 5. The molecule has 1 aliphatic carbocycles. The summed E-state index contributed by atoms with van der Waals surface area (Å²) in [6.07, 6.45) is 10.2. The molecule has 21 heavy (non-hydrogen) atoms. The van der Waals surface area contributed by atoms with E-state index in [1.165, 1.54) is 49.2 Å². The maximum Gasteiger partial charge on any atom is 0.0954 e. The smallest absolute Gasteiger partial charge is 0.0954 e. The highest BCUT2D eigenvalue weighted by Gasteiger charge is 2.27. The first-order valence-corrected chi connectivity index (χ1v) is 7.92. The maximum atomic E-state index is 4.64. The van der Waals surface area contributed by atoms with Gasteiger partial charge in [-0.3, -0.25) is 9.58 Å². The summed E-state index contributed by atoms with van der Waals surface area (Å²) >= 11 is 0. The summed E-state index contributed by atoms with van der Waals surface area (Å²) in [4.78, 5) is 7.14. The Morgan fingerprint density at radius 1 is 1.29 bits per heavy atom. The van der Waals surface area contributed by atoms with E-state index in [9.17, 15) is 0 Å². The fraction of sp³-hybridized carbons (Fsp3) is 0.667. The van der Waals surface area contributed by atoms with E-state index in [1.807, 2.05) is 17.9 Å². The van der Waals surface area contributed by atoms with Crippen molar-refractivity contribution in [1.82, 2.24) is 29.4 Å². The van der Waals surface area contributed by atoms with Crippen molar-refractivity contribution in [2.24, 2.45) is 7.05 Å². The van der Waals surface area contributed by atoms with Crippen LogP contribution in [0.2, 0.25) is 0 Å². The van der Waals surface area contributed by atoms with E-state index in [0.29, 0.717) is 6.04 Å². The summed E-state index contributed by atoms with van der Waals surface area (Å²) in [6, 6.07) is 0.584. The number of aryl methyl sites for hydroxylation is 2. The number of fused-ring (bicyclic) bond motifs is 1. The monoisotopic (exact) mass is 286 g/mol. The molecular weight excluding hydrogens is 264 g/mol. The lowest BCUT2D eigenvalue weighted by Crippen LogP contribution is -2.23. The van der Waals surface area contributed by atoms with Gasteiger partial charge in [0.2, 0.25) is 0 Å². The molecule has 0 N–H and O–H groups in total. The predicted molar refractivity (Wildman–Crippen MR) is 78.8 cm³/mol. The van der Waals surface area contributed by atoms with E-state index < -0.39 is 0 Å². The van der Waals surface area contributed by atoms with Gasteiger partial charge < -0.3 is 4.57 Å². The van der Waals surface area contributed by atoms with Crippen LogP contribution in [-0.2, 0) is 26.4 Å². The molecule has 0 bridgehead atoms. The normalized spacial score (nSPS) is 22.6. The van der Waals surface area contributed by atoms with Crippen LogP contribution in [-0.4, -0.2) is 42.5 Å². The second-order valence-electron chi connectivity index (χ2n) is 6.28. The Balaban J connectivity index is 1.47. The number of hydrogen-bond acceptors (Lipinski definition) is 4. The highest BCUT2D eigenvalue weighted by Crippen LogP contribution is 2.28. The number of rotatable bonds is 3. The average Bonchev–Trinajstić information content (AvgIpc) is 3.20. The third-order valence-corrected chi connectivity index (χ3v) is 4.89. The maximum absolute atomic E-state index is 4.64. The molecule has 0 unspecified atom stereocenters. The van der Waals surface area contributed by atoms with Crippen LogP contribution < -0.4 is 0 Å². The van der Waals surface area contributed by atoms with E-state index >= 15 is 0 Å². The molecule has 2 aromatic rings. The van der Waals surface area contributed by atoms with Gasteiger partial charge in [0.1, 0.15) is 0 Å². The molecule has 1 atom stereocenters. The van der Waals surface area contributed by atoms with Crippen molar-refractivity contribution in [3.63, 3.8) is 0 Å². The zero-order chi connectivity index (χ0) is 14.2. The minimum atomic E-state index is 0.584. The quantitative estimate of drug-likeness (QED) is 0.854. The molecule has 0 radical (unpaired) electrons. The van der Waals surface area contributed by atoms with Crippen molar-refractivity contribution in [3.05, 3.63) is 29.6 Å². The summed E-state index contributed by atoms with van der Waals surface area (Å²) in [7, 11) is 1.96. The van der Waals surface area contributed by atoms with Crippen LogP contribution in [0.1, 0.15) is 42.4 Å². The highest BCUT2D eigenvalue weighted by molar-refractivity contribution is 5.17. The molecule has 2 aromatic heterocycles. The van der Waals surface area contributed by atoms with Crippen molar-refractivity contribution < 1.29 is 0 Å². The molecule has 0 saturated carbocycles. The zero-order valence-corrected chi connectivity index (χ0v) is 12.6. The van der Waals surface area contributed by atoms with Crippen molar-refractivity contribution in [3.8, 4) is 0 Å². The van der Waals surface area contributed by atoms with Crippen LogP contribution in [0.3, 0.4) is 0 Å². The highest BCUT2D eigenvalue weighted by atomic mass is 15.4. The average molecular weight is 286 g/mol. The zero-order valence-electron chi connectivity index (χ0n) is 12.6. The van der Waals surface area contributed by atoms with Crippen LogP contribution in [0.25, 0.3) is 0 Å². The Bertz CT molecular complexity index is 628. The molecule has 1 saturated heterocycles. The third kappa shape index (κ3) is 2.37. The first kappa shape index (κ1) is 13.0. The SMILES string of the molecule is Cn1nncc1CN1CC[C@H](n2cnc3c2CCCC3)C1. The number of nitrogens with zero attached hydrogens (tertiary/aromatic N) is 6. The van der Waals surface area contributed by atoms with Gasteiger partial charge >= 0.3 is 0 Å². The van der Waals surface area contributed by atoms with Crippen molar-refractivity contribution >= 4 is 0 Å². The van der Waals surface area contributed by atoms with Gasteiger partial charge in [0.15, 0.2) is 0 Å². The Hall–Kier alpha value is -1.69. The van der Waals surface area contributed by atoms with Gasteiger partial charge in [0.05, 0.1) is 23.9 Å². The van der Waals surface area contributed by atoms with Crippen molar-refractivity contribution in [2.75, 3.05) is 13.1 Å². The summed E-state index contributed by atoms with van der Waals surface area (Å²) < 4.78 is 4.32. The number of hydrogen-bond donors (Lipinski definition) is 0. The largest absolute Gasteiger partial charge is 0.330 e. The molecule has 6 heteroatoms. The molecular formula is C15H22N6. The molecule has 2 aliphatic rings. The summed E-state index contributed by atoms with van der Waals surface area (Å²) in [5.74, 6) is 0. The van der Waals surface area contributed by atoms with Crippen LogP contribution in [0.5, 0.6) is 0 Å². The van der Waals surface area contributed by atoms with E-state index in [0.717, 1.165) is 19.6 Å². The topological polar surface area (TPSA) is 51.8 Å². The second kappa shape index (κ2) is 5.26. The van der Waals surface area contributed by atoms with Gasteiger partial charge in [-0.2, -0.15) is 0 Å². The lowest BCUT2D eigenvalue weighted by atomic mass is 10.0. The third-order valence-electron chi connectivity index (χ3n) is 4.89. The Morgan fingerprint density at radius 2 is 2.19 bits per heavy atom. The molecule has 1 aliphatic heterocycles. The summed E-state index contributed by atoms with van der Waals surface area (Å²) in [5, 5.41) is 7.97. The van der Waals surface area contributed by atoms with Crippen LogP contribution in [0.4, 0.5) is 0 Å². The molecule has 0 spiro atoms. The Kier molecular flexibility index (Phi) is 3.25.